The third-order valence-electron chi connectivity index (χ3n) is 2.63. The highest BCUT2D eigenvalue weighted by molar-refractivity contribution is 5.87. The van der Waals surface area contributed by atoms with Gasteiger partial charge in [-0.15, -0.1) is 0 Å². The first-order valence-corrected chi connectivity index (χ1v) is 5.41. The van der Waals surface area contributed by atoms with Crippen LogP contribution < -0.4 is 0 Å². The first kappa shape index (κ1) is 12.0. The van der Waals surface area contributed by atoms with Crippen molar-refractivity contribution in [2.45, 2.75) is 13.5 Å². The van der Waals surface area contributed by atoms with Gasteiger partial charge in [-0.25, -0.2) is 4.79 Å². The standard InChI is InChI=1S/C13H12N2O3/c1-9-12(8-16)7-15(14-9)6-10-3-2-4-11(5-10)13(17)18/h2-5,7-8H,6H2,1H3,(H,17,18). The van der Waals surface area contributed by atoms with Crippen molar-refractivity contribution in [1.29, 1.82) is 0 Å². The number of nitrogens with zero attached hydrogens (tertiary/aromatic N) is 2. The summed E-state index contributed by atoms with van der Waals surface area (Å²) in [6.45, 7) is 2.20. The molecule has 5 heteroatoms. The number of carboxylic acid groups (broad SMARTS) is 1. The van der Waals surface area contributed by atoms with E-state index in [0.717, 1.165) is 11.8 Å². The Bertz CT molecular complexity index is 602. The molecule has 1 aromatic carbocycles. The number of aromatic nitrogens is 2. The fourth-order valence-electron chi connectivity index (χ4n) is 1.72. The molecule has 0 spiro atoms. The monoisotopic (exact) mass is 244 g/mol. The van der Waals surface area contributed by atoms with E-state index >= 15 is 0 Å². The molecule has 0 unspecified atom stereocenters. The summed E-state index contributed by atoms with van der Waals surface area (Å²) in [4.78, 5) is 21.5. The van der Waals surface area contributed by atoms with E-state index in [-0.39, 0.29) is 5.56 Å². The summed E-state index contributed by atoms with van der Waals surface area (Å²) in [7, 11) is 0. The van der Waals surface area contributed by atoms with Crippen molar-refractivity contribution in [2.75, 3.05) is 0 Å². The van der Waals surface area contributed by atoms with Gasteiger partial charge in [0.15, 0.2) is 6.29 Å². The van der Waals surface area contributed by atoms with Crippen molar-refractivity contribution in [3.05, 3.63) is 52.8 Å². The Balaban J connectivity index is 2.25. The second kappa shape index (κ2) is 4.83. The van der Waals surface area contributed by atoms with Gasteiger partial charge in [-0.1, -0.05) is 12.1 Å². The molecule has 1 aromatic heterocycles. The zero-order chi connectivity index (χ0) is 13.1. The largest absolute Gasteiger partial charge is 0.478 e. The number of aryl methyl sites for hydroxylation is 1. The summed E-state index contributed by atoms with van der Waals surface area (Å²) in [6, 6.07) is 6.65. The van der Waals surface area contributed by atoms with E-state index in [9.17, 15) is 9.59 Å². The Labute approximate surface area is 104 Å². The van der Waals surface area contributed by atoms with Crippen LogP contribution in [0.2, 0.25) is 0 Å². The Kier molecular flexibility index (Phi) is 3.23. The van der Waals surface area contributed by atoms with Gasteiger partial charge in [-0.05, 0) is 24.6 Å². The highest BCUT2D eigenvalue weighted by Gasteiger charge is 2.06. The second-order valence-corrected chi connectivity index (χ2v) is 3.99. The summed E-state index contributed by atoms with van der Waals surface area (Å²) < 4.78 is 1.63. The molecule has 1 N–H and O–H groups in total. The topological polar surface area (TPSA) is 72.2 Å². The first-order valence-electron chi connectivity index (χ1n) is 5.41. The van der Waals surface area contributed by atoms with E-state index in [1.165, 1.54) is 6.07 Å². The lowest BCUT2D eigenvalue weighted by Crippen LogP contribution is -2.03. The molecule has 0 aliphatic rings. The highest BCUT2D eigenvalue weighted by Crippen LogP contribution is 2.09. The van der Waals surface area contributed by atoms with Crippen LogP contribution in [0.15, 0.2) is 30.5 Å². The summed E-state index contributed by atoms with van der Waals surface area (Å²) in [5.41, 5.74) is 2.28. The number of benzene rings is 1. The summed E-state index contributed by atoms with van der Waals surface area (Å²) in [5.74, 6) is -0.956. The summed E-state index contributed by atoms with van der Waals surface area (Å²) in [6.07, 6.45) is 2.41. The molecule has 0 atom stereocenters. The van der Waals surface area contributed by atoms with Gasteiger partial charge in [0.2, 0.25) is 0 Å². The average molecular weight is 244 g/mol. The van der Waals surface area contributed by atoms with Gasteiger partial charge < -0.3 is 5.11 Å². The number of carboxylic acids is 1. The Morgan fingerprint density at radius 2 is 2.28 bits per heavy atom. The maximum absolute atomic E-state index is 10.8. The lowest BCUT2D eigenvalue weighted by Gasteiger charge is -2.03. The zero-order valence-electron chi connectivity index (χ0n) is 9.83. The molecule has 0 saturated heterocycles. The summed E-state index contributed by atoms with van der Waals surface area (Å²) in [5, 5.41) is 13.1. The number of carbonyl (C=O) groups is 2. The Morgan fingerprint density at radius 1 is 1.50 bits per heavy atom. The molecule has 0 aliphatic carbocycles. The van der Waals surface area contributed by atoms with Crippen LogP contribution in [0.1, 0.15) is 32.0 Å². The third kappa shape index (κ3) is 2.45. The molecule has 2 rings (SSSR count). The number of hydrogen-bond donors (Lipinski definition) is 1. The second-order valence-electron chi connectivity index (χ2n) is 3.99. The van der Waals surface area contributed by atoms with Crippen molar-refractivity contribution in [2.24, 2.45) is 0 Å². The fraction of sp³-hybridized carbons (Fsp3) is 0.154. The molecule has 1 heterocycles. The smallest absolute Gasteiger partial charge is 0.335 e. The zero-order valence-corrected chi connectivity index (χ0v) is 9.83. The number of rotatable bonds is 4. The van der Waals surface area contributed by atoms with Crippen LogP contribution >= 0.6 is 0 Å². The molecule has 0 bridgehead atoms. The predicted octanol–water partition coefficient (Wildman–Crippen LogP) is 1.75. The third-order valence-corrected chi connectivity index (χ3v) is 2.63. The lowest BCUT2D eigenvalue weighted by atomic mass is 10.1. The normalized spacial score (nSPS) is 10.3. The van der Waals surface area contributed by atoms with Gasteiger partial charge in [-0.2, -0.15) is 5.10 Å². The minimum Gasteiger partial charge on any atom is -0.478 e. The quantitative estimate of drug-likeness (QED) is 0.831. The van der Waals surface area contributed by atoms with Crippen molar-refractivity contribution in [1.82, 2.24) is 9.78 Å². The van der Waals surface area contributed by atoms with Crippen LogP contribution in [-0.2, 0) is 6.54 Å². The predicted molar refractivity (Wildman–Crippen MR) is 64.9 cm³/mol. The van der Waals surface area contributed by atoms with E-state index in [2.05, 4.69) is 5.10 Å². The Morgan fingerprint density at radius 3 is 2.89 bits per heavy atom. The molecule has 18 heavy (non-hydrogen) atoms. The first-order chi connectivity index (χ1) is 8.60. The molecular weight excluding hydrogens is 232 g/mol. The molecule has 0 radical (unpaired) electrons. The van der Waals surface area contributed by atoms with Crippen LogP contribution in [0, 0.1) is 6.92 Å². The van der Waals surface area contributed by atoms with Gasteiger partial charge in [-0.3, -0.25) is 9.48 Å². The maximum Gasteiger partial charge on any atom is 0.335 e. The van der Waals surface area contributed by atoms with E-state index in [4.69, 9.17) is 5.11 Å². The van der Waals surface area contributed by atoms with Gasteiger partial charge in [0.05, 0.1) is 23.4 Å². The number of aromatic carboxylic acids is 1. The van der Waals surface area contributed by atoms with Crippen LogP contribution in [0.4, 0.5) is 0 Å². The maximum atomic E-state index is 10.8. The van der Waals surface area contributed by atoms with Crippen LogP contribution in [0.3, 0.4) is 0 Å². The number of aldehydes is 1. The van der Waals surface area contributed by atoms with E-state index in [1.54, 1.807) is 29.9 Å². The molecule has 0 amide bonds. The fourth-order valence-corrected chi connectivity index (χ4v) is 1.72. The lowest BCUT2D eigenvalue weighted by molar-refractivity contribution is 0.0696. The Hall–Kier alpha value is -2.43. The molecule has 92 valence electrons. The van der Waals surface area contributed by atoms with Crippen molar-refractivity contribution < 1.29 is 14.7 Å². The van der Waals surface area contributed by atoms with Gasteiger partial charge in [0.25, 0.3) is 0 Å². The molecular formula is C13H12N2O3. The molecule has 5 nitrogen and oxygen atoms in total. The van der Waals surface area contributed by atoms with Crippen molar-refractivity contribution in [3.8, 4) is 0 Å². The van der Waals surface area contributed by atoms with Gasteiger partial charge >= 0.3 is 5.97 Å². The van der Waals surface area contributed by atoms with Gasteiger partial charge in [0, 0.05) is 6.20 Å². The molecule has 2 aromatic rings. The number of carbonyl (C=O) groups excluding carboxylic acids is 1. The summed E-state index contributed by atoms with van der Waals surface area (Å²) >= 11 is 0. The van der Waals surface area contributed by atoms with E-state index < -0.39 is 5.97 Å². The van der Waals surface area contributed by atoms with Gasteiger partial charge in [0.1, 0.15) is 0 Å². The average Bonchev–Trinajstić information content (AvgIpc) is 2.69. The minimum atomic E-state index is -0.956. The molecule has 0 aliphatic heterocycles. The van der Waals surface area contributed by atoms with Crippen LogP contribution in [-0.4, -0.2) is 27.1 Å². The van der Waals surface area contributed by atoms with E-state index in [1.807, 2.05) is 6.07 Å². The van der Waals surface area contributed by atoms with Crippen LogP contribution in [0.25, 0.3) is 0 Å². The highest BCUT2D eigenvalue weighted by atomic mass is 16.4. The SMILES string of the molecule is Cc1nn(Cc2cccc(C(=O)O)c2)cc1C=O. The minimum absolute atomic E-state index is 0.243. The number of hydrogen-bond acceptors (Lipinski definition) is 3. The molecule has 0 saturated carbocycles. The molecule has 0 fully saturated rings. The van der Waals surface area contributed by atoms with E-state index in [0.29, 0.717) is 17.8 Å². The van der Waals surface area contributed by atoms with Crippen molar-refractivity contribution >= 4 is 12.3 Å². The van der Waals surface area contributed by atoms with Crippen LogP contribution in [0.5, 0.6) is 0 Å². The van der Waals surface area contributed by atoms with Crippen molar-refractivity contribution in [3.63, 3.8) is 0 Å².